The van der Waals surface area contributed by atoms with E-state index in [9.17, 15) is 14.2 Å². The van der Waals surface area contributed by atoms with Gasteiger partial charge >= 0.3 is 19.3 Å². The molecule has 3 rings (SSSR count). The van der Waals surface area contributed by atoms with Gasteiger partial charge in [0.15, 0.2) is 0 Å². The van der Waals surface area contributed by atoms with Gasteiger partial charge in [0, 0.05) is 25.0 Å². The van der Waals surface area contributed by atoms with E-state index in [-0.39, 0.29) is 13.2 Å². The molecule has 0 saturated carbocycles. The molecule has 0 radical (unpaired) electrons. The fourth-order valence-corrected chi connectivity index (χ4v) is 4.49. The SMILES string of the molecule is COC(=O)C(C)NP(=O)(OCCN(C)c1cc(=O)oc2ccccc12)Oc1ccccc1. The van der Waals surface area contributed by atoms with E-state index < -0.39 is 25.4 Å². The van der Waals surface area contributed by atoms with E-state index in [0.29, 0.717) is 17.0 Å². The maximum Gasteiger partial charge on any atom is 0.459 e. The van der Waals surface area contributed by atoms with Crippen LogP contribution in [0.4, 0.5) is 5.69 Å². The van der Waals surface area contributed by atoms with Crippen molar-refractivity contribution in [2.75, 3.05) is 32.2 Å². The molecular weight excluding hydrogens is 435 g/mol. The van der Waals surface area contributed by atoms with E-state index in [4.69, 9.17) is 13.5 Å². The molecule has 0 amide bonds. The number of ether oxygens (including phenoxy) is 1. The van der Waals surface area contributed by atoms with Gasteiger partial charge in [0.25, 0.3) is 0 Å². The highest BCUT2D eigenvalue weighted by Gasteiger charge is 2.32. The Balaban J connectivity index is 1.74. The molecule has 10 heteroatoms. The zero-order valence-corrected chi connectivity index (χ0v) is 18.9. The summed E-state index contributed by atoms with van der Waals surface area (Å²) in [6.07, 6.45) is 0. The molecule has 0 saturated heterocycles. The molecule has 0 aliphatic heterocycles. The minimum absolute atomic E-state index is 0.0178. The molecule has 32 heavy (non-hydrogen) atoms. The van der Waals surface area contributed by atoms with Crippen LogP contribution in [0.25, 0.3) is 11.0 Å². The van der Waals surface area contributed by atoms with E-state index in [0.717, 1.165) is 5.39 Å². The Hall–Kier alpha value is -3.13. The maximum atomic E-state index is 13.4. The number of methoxy groups -OCH3 is 1. The number of hydrogen-bond acceptors (Lipinski definition) is 8. The topological polar surface area (TPSA) is 107 Å². The molecule has 1 aromatic heterocycles. The first-order valence-corrected chi connectivity index (χ1v) is 11.4. The Morgan fingerprint density at radius 2 is 1.84 bits per heavy atom. The molecule has 0 spiro atoms. The first-order valence-electron chi connectivity index (χ1n) is 9.90. The second-order valence-corrected chi connectivity index (χ2v) is 8.67. The quantitative estimate of drug-likeness (QED) is 0.276. The number of para-hydroxylation sites is 2. The van der Waals surface area contributed by atoms with E-state index in [1.165, 1.54) is 20.1 Å². The number of rotatable bonds is 10. The number of likely N-dealkylation sites (N-methyl/N-ethyl adjacent to an activating group) is 1. The van der Waals surface area contributed by atoms with E-state index in [1.807, 2.05) is 12.1 Å². The molecule has 1 heterocycles. The summed E-state index contributed by atoms with van der Waals surface area (Å²) in [5, 5.41) is 3.36. The normalized spacial score (nSPS) is 13.8. The van der Waals surface area contributed by atoms with Crippen molar-refractivity contribution in [2.24, 2.45) is 0 Å². The van der Waals surface area contributed by atoms with Crippen molar-refractivity contribution in [3.05, 3.63) is 71.1 Å². The van der Waals surface area contributed by atoms with Gasteiger partial charge in [-0.2, -0.15) is 5.09 Å². The monoisotopic (exact) mass is 460 g/mol. The highest BCUT2D eigenvalue weighted by molar-refractivity contribution is 7.52. The number of carbonyl (C=O) groups excluding carboxylic acids is 1. The van der Waals surface area contributed by atoms with Crippen molar-refractivity contribution in [3.8, 4) is 5.75 Å². The summed E-state index contributed by atoms with van der Waals surface area (Å²) < 4.78 is 34.4. The second kappa shape index (κ2) is 10.5. The molecule has 0 aliphatic rings. The number of anilines is 1. The second-order valence-electron chi connectivity index (χ2n) is 6.98. The first kappa shape index (κ1) is 23.5. The Morgan fingerprint density at radius 1 is 1.16 bits per heavy atom. The third-order valence-electron chi connectivity index (χ3n) is 4.60. The van der Waals surface area contributed by atoms with Crippen LogP contribution in [0.15, 0.2) is 69.9 Å². The average molecular weight is 460 g/mol. The maximum absolute atomic E-state index is 13.4. The lowest BCUT2D eigenvalue weighted by Crippen LogP contribution is -2.35. The molecule has 0 bridgehead atoms. The number of nitrogens with one attached hydrogen (secondary N) is 1. The Bertz CT molecular complexity index is 1170. The van der Waals surface area contributed by atoms with Crippen molar-refractivity contribution in [3.63, 3.8) is 0 Å². The summed E-state index contributed by atoms with van der Waals surface area (Å²) in [6.45, 7) is 1.76. The Morgan fingerprint density at radius 3 is 2.56 bits per heavy atom. The highest BCUT2D eigenvalue weighted by Crippen LogP contribution is 2.44. The summed E-state index contributed by atoms with van der Waals surface area (Å²) in [4.78, 5) is 25.5. The zero-order valence-electron chi connectivity index (χ0n) is 18.0. The molecule has 2 unspecified atom stereocenters. The molecular formula is C22H25N2O7P. The number of carbonyl (C=O) groups is 1. The molecule has 0 fully saturated rings. The molecule has 3 aromatic rings. The molecule has 2 atom stereocenters. The van der Waals surface area contributed by atoms with Gasteiger partial charge in [-0.1, -0.05) is 30.3 Å². The molecule has 9 nitrogen and oxygen atoms in total. The van der Waals surface area contributed by atoms with Crippen LogP contribution in [-0.2, 0) is 18.6 Å². The third-order valence-corrected chi connectivity index (χ3v) is 6.28. The standard InChI is InChI=1S/C22H25N2O7P/c1-16(22(26)28-3)23-32(27,31-17-9-5-4-6-10-17)29-14-13-24(2)19-15-21(25)30-20-12-8-7-11-18(19)20/h4-12,15-16H,13-14H2,1-3H3,(H,23,27). The fourth-order valence-electron chi connectivity index (χ4n) is 3.01. The largest absolute Gasteiger partial charge is 0.468 e. The number of esters is 1. The van der Waals surface area contributed by atoms with Gasteiger partial charge in [-0.05, 0) is 31.2 Å². The number of benzene rings is 2. The first-order chi connectivity index (χ1) is 15.3. The van der Waals surface area contributed by atoms with Crippen LogP contribution < -0.4 is 20.1 Å². The van der Waals surface area contributed by atoms with Gasteiger partial charge in [0.2, 0.25) is 0 Å². The average Bonchev–Trinajstić information content (AvgIpc) is 2.78. The van der Waals surface area contributed by atoms with Gasteiger partial charge in [0.1, 0.15) is 17.4 Å². The number of hydrogen-bond donors (Lipinski definition) is 1. The van der Waals surface area contributed by atoms with Crippen molar-refractivity contribution in [1.82, 2.24) is 5.09 Å². The lowest BCUT2D eigenvalue weighted by atomic mass is 10.2. The summed E-state index contributed by atoms with van der Waals surface area (Å²) >= 11 is 0. The van der Waals surface area contributed by atoms with Gasteiger partial charge in [0.05, 0.1) is 19.4 Å². The predicted octanol–water partition coefficient (Wildman–Crippen LogP) is 3.58. The van der Waals surface area contributed by atoms with Crippen LogP contribution in [0.2, 0.25) is 0 Å². The Kier molecular flexibility index (Phi) is 7.69. The van der Waals surface area contributed by atoms with E-state index in [2.05, 4.69) is 9.82 Å². The van der Waals surface area contributed by atoms with Gasteiger partial charge in [-0.3, -0.25) is 9.32 Å². The number of nitrogens with zero attached hydrogens (tertiary/aromatic N) is 1. The third kappa shape index (κ3) is 5.97. The van der Waals surface area contributed by atoms with Gasteiger partial charge in [-0.15, -0.1) is 0 Å². The van der Waals surface area contributed by atoms with Crippen LogP contribution in [0.1, 0.15) is 6.92 Å². The molecule has 1 N–H and O–H groups in total. The lowest BCUT2D eigenvalue weighted by Gasteiger charge is -2.25. The summed E-state index contributed by atoms with van der Waals surface area (Å²) in [6, 6.07) is 16.1. The van der Waals surface area contributed by atoms with Crippen LogP contribution in [-0.4, -0.2) is 39.3 Å². The van der Waals surface area contributed by atoms with Gasteiger partial charge in [-0.25, -0.2) is 9.36 Å². The highest BCUT2D eigenvalue weighted by atomic mass is 31.2. The minimum atomic E-state index is -3.93. The lowest BCUT2D eigenvalue weighted by molar-refractivity contribution is -0.142. The van der Waals surface area contributed by atoms with Crippen molar-refractivity contribution in [2.45, 2.75) is 13.0 Å². The fraction of sp³-hybridized carbons (Fsp3) is 0.273. The van der Waals surface area contributed by atoms with Gasteiger partial charge < -0.3 is 18.6 Å². The molecule has 170 valence electrons. The summed E-state index contributed by atoms with van der Waals surface area (Å²) in [5.74, 6) is -0.287. The van der Waals surface area contributed by atoms with Crippen molar-refractivity contribution in [1.29, 1.82) is 0 Å². The molecule has 2 aromatic carbocycles. The Labute approximate surface area is 185 Å². The van der Waals surface area contributed by atoms with E-state index >= 15 is 0 Å². The smallest absolute Gasteiger partial charge is 0.459 e. The van der Waals surface area contributed by atoms with Crippen LogP contribution >= 0.6 is 7.75 Å². The summed E-state index contributed by atoms with van der Waals surface area (Å²) in [7, 11) is -0.916. The van der Waals surface area contributed by atoms with Crippen molar-refractivity contribution >= 4 is 30.4 Å². The van der Waals surface area contributed by atoms with Crippen LogP contribution in [0, 0.1) is 0 Å². The number of fused-ring (bicyclic) bond motifs is 1. The minimum Gasteiger partial charge on any atom is -0.468 e. The van der Waals surface area contributed by atoms with Crippen molar-refractivity contribution < 1.29 is 27.6 Å². The summed E-state index contributed by atoms with van der Waals surface area (Å²) in [5.41, 5.74) is 0.641. The van der Waals surface area contributed by atoms with Crippen LogP contribution in [0.5, 0.6) is 5.75 Å². The van der Waals surface area contributed by atoms with Crippen LogP contribution in [0.3, 0.4) is 0 Å². The molecule has 0 aliphatic carbocycles. The predicted molar refractivity (Wildman–Crippen MR) is 121 cm³/mol. The van der Waals surface area contributed by atoms with E-state index in [1.54, 1.807) is 54.4 Å². The zero-order chi connectivity index (χ0) is 23.1.